The number of pyridine rings is 1. The molecule has 9 nitrogen and oxygen atoms in total. The molecule has 9 heteroatoms. The van der Waals surface area contributed by atoms with Crippen molar-refractivity contribution in [2.45, 2.75) is 32.5 Å². The highest BCUT2D eigenvalue weighted by molar-refractivity contribution is 5.97. The Hall–Kier alpha value is -3.32. The molecule has 0 saturated heterocycles. The van der Waals surface area contributed by atoms with Crippen LogP contribution in [-0.4, -0.2) is 97.0 Å². The number of amides is 1. The lowest BCUT2D eigenvalue weighted by molar-refractivity contribution is 0.0325. The first kappa shape index (κ1) is 26.7. The third-order valence-corrected chi connectivity index (χ3v) is 6.53. The monoisotopic (exact) mass is 508 g/mol. The zero-order valence-electron chi connectivity index (χ0n) is 22.2. The highest BCUT2D eigenvalue weighted by Crippen LogP contribution is 2.33. The van der Waals surface area contributed by atoms with Crippen LogP contribution in [0.1, 0.15) is 35.3 Å². The van der Waals surface area contributed by atoms with Gasteiger partial charge in [-0.15, -0.1) is 0 Å². The summed E-state index contributed by atoms with van der Waals surface area (Å²) >= 11 is 0. The Bertz CT molecular complexity index is 1170. The third kappa shape index (κ3) is 6.52. The molecule has 2 aliphatic rings. The van der Waals surface area contributed by atoms with Gasteiger partial charge in [0.25, 0.3) is 5.91 Å². The molecule has 3 heterocycles. The first-order valence-electron chi connectivity index (χ1n) is 12.5. The van der Waals surface area contributed by atoms with E-state index in [1.54, 1.807) is 17.2 Å². The Kier molecular flexibility index (Phi) is 8.54. The maximum absolute atomic E-state index is 13.5. The normalized spacial score (nSPS) is 19.6. The average molecular weight is 509 g/mol. The first-order valence-corrected chi connectivity index (χ1v) is 12.5. The van der Waals surface area contributed by atoms with Crippen LogP contribution >= 0.6 is 0 Å². The molecule has 0 saturated carbocycles. The Morgan fingerprint density at radius 3 is 2.76 bits per heavy atom. The molecule has 37 heavy (non-hydrogen) atoms. The number of ether oxygens (including phenoxy) is 3. The van der Waals surface area contributed by atoms with Crippen molar-refractivity contribution < 1.29 is 24.1 Å². The molecule has 0 radical (unpaired) electrons. The van der Waals surface area contributed by atoms with Gasteiger partial charge in [0, 0.05) is 37.3 Å². The molecule has 1 N–H and O–H groups in total. The highest BCUT2D eigenvalue weighted by Gasteiger charge is 2.34. The molecular weight excluding hydrogens is 472 g/mol. The van der Waals surface area contributed by atoms with Gasteiger partial charge in [-0.2, -0.15) is 0 Å². The third-order valence-electron chi connectivity index (χ3n) is 6.53. The van der Waals surface area contributed by atoms with Crippen LogP contribution in [0.5, 0.6) is 17.4 Å². The van der Waals surface area contributed by atoms with Crippen LogP contribution in [0.4, 0.5) is 0 Å². The van der Waals surface area contributed by atoms with E-state index in [1.807, 2.05) is 51.2 Å². The van der Waals surface area contributed by atoms with Crippen LogP contribution in [0.2, 0.25) is 0 Å². The van der Waals surface area contributed by atoms with E-state index in [0.717, 1.165) is 17.1 Å². The Labute approximate surface area is 218 Å². The number of hydrogen-bond donors (Lipinski definition) is 1. The van der Waals surface area contributed by atoms with Gasteiger partial charge >= 0.3 is 0 Å². The van der Waals surface area contributed by atoms with Gasteiger partial charge in [0.05, 0.1) is 19.2 Å². The fourth-order valence-electron chi connectivity index (χ4n) is 4.41. The van der Waals surface area contributed by atoms with Gasteiger partial charge in [-0.1, -0.05) is 24.8 Å². The van der Waals surface area contributed by atoms with Crippen LogP contribution in [0.3, 0.4) is 0 Å². The molecule has 0 spiro atoms. The maximum Gasteiger partial charge on any atom is 0.259 e. The zero-order chi connectivity index (χ0) is 26.5. The largest absolute Gasteiger partial charge is 0.472 e. The number of carbonyl (C=O) groups is 1. The molecule has 3 atom stereocenters. The second-order valence-electron chi connectivity index (χ2n) is 10.1. The standard InChI is InChI=1S/C28H36N4O5/c1-19-14-32(20(2)17-33)28(34)23-11-21(7-6-10-30(3)4)13-29-27(23)37-26(19)16-31(5)15-22-8-9-24-25(12-22)36-18-35-24/h8-9,11-13,19-20,26,33H,10,14-18H2,1-5H3/t19-,20-,26+/m1/s1. The van der Waals surface area contributed by atoms with Crippen LogP contribution < -0.4 is 14.2 Å². The van der Waals surface area contributed by atoms with Crippen molar-refractivity contribution in [3.8, 4) is 29.2 Å². The summed E-state index contributed by atoms with van der Waals surface area (Å²) in [6, 6.07) is 7.37. The smallest absolute Gasteiger partial charge is 0.259 e. The van der Waals surface area contributed by atoms with Crippen molar-refractivity contribution in [1.82, 2.24) is 19.7 Å². The average Bonchev–Trinajstić information content (AvgIpc) is 3.33. The minimum atomic E-state index is -0.337. The molecule has 2 aromatic rings. The predicted octanol–water partition coefficient (Wildman–Crippen LogP) is 2.08. The molecule has 0 unspecified atom stereocenters. The SMILES string of the molecule is C[C@@H]1CN([C@H](C)CO)C(=O)c2cc(C#CCN(C)C)cnc2O[C@H]1CN(C)Cc1ccc2c(c1)OCO2. The maximum atomic E-state index is 13.5. The summed E-state index contributed by atoms with van der Waals surface area (Å²) in [6.07, 6.45) is 1.42. The summed E-state index contributed by atoms with van der Waals surface area (Å²) in [5.41, 5.74) is 2.13. The van der Waals surface area contributed by atoms with Gasteiger partial charge in [0.15, 0.2) is 11.5 Å². The predicted molar refractivity (Wildman–Crippen MR) is 140 cm³/mol. The molecule has 1 aromatic heterocycles. The quantitative estimate of drug-likeness (QED) is 0.569. The molecule has 198 valence electrons. The number of benzene rings is 1. The molecule has 4 rings (SSSR count). The van der Waals surface area contributed by atoms with Crippen LogP contribution in [0.25, 0.3) is 0 Å². The van der Waals surface area contributed by atoms with Gasteiger partial charge in [0.1, 0.15) is 11.7 Å². The van der Waals surface area contributed by atoms with Gasteiger partial charge < -0.3 is 24.2 Å². The number of likely N-dealkylation sites (N-methyl/N-ethyl adjacent to an activating group) is 1. The van der Waals surface area contributed by atoms with E-state index in [9.17, 15) is 9.90 Å². The van der Waals surface area contributed by atoms with E-state index in [0.29, 0.717) is 43.2 Å². The number of fused-ring (bicyclic) bond motifs is 2. The van der Waals surface area contributed by atoms with Gasteiger partial charge in [0.2, 0.25) is 12.7 Å². The molecular formula is C28H36N4O5. The van der Waals surface area contributed by atoms with Crippen LogP contribution in [0.15, 0.2) is 30.5 Å². The van der Waals surface area contributed by atoms with Crippen LogP contribution in [0, 0.1) is 17.8 Å². The number of hydrogen-bond acceptors (Lipinski definition) is 8. The van der Waals surface area contributed by atoms with E-state index in [-0.39, 0.29) is 37.4 Å². The Balaban J connectivity index is 1.57. The lowest BCUT2D eigenvalue weighted by Crippen LogP contribution is -2.49. The number of rotatable bonds is 7. The van der Waals surface area contributed by atoms with E-state index in [1.165, 1.54) is 0 Å². The number of nitrogens with zero attached hydrogens (tertiary/aromatic N) is 4. The second kappa shape index (κ2) is 11.8. The molecule has 0 bridgehead atoms. The minimum Gasteiger partial charge on any atom is -0.472 e. The van der Waals surface area contributed by atoms with Crippen molar-refractivity contribution in [2.24, 2.45) is 5.92 Å². The summed E-state index contributed by atoms with van der Waals surface area (Å²) in [5.74, 6) is 7.78. The number of aliphatic hydroxyl groups is 1. The van der Waals surface area contributed by atoms with Crippen LogP contribution in [-0.2, 0) is 6.54 Å². The molecule has 2 aliphatic heterocycles. The lowest BCUT2D eigenvalue weighted by atomic mass is 9.99. The summed E-state index contributed by atoms with van der Waals surface area (Å²) in [4.78, 5) is 23.9. The van der Waals surface area contributed by atoms with E-state index in [2.05, 4.69) is 28.6 Å². The number of aliphatic hydroxyl groups excluding tert-OH is 1. The molecule has 0 fully saturated rings. The highest BCUT2D eigenvalue weighted by atomic mass is 16.7. The fraction of sp³-hybridized carbons (Fsp3) is 0.500. The fourth-order valence-corrected chi connectivity index (χ4v) is 4.41. The zero-order valence-corrected chi connectivity index (χ0v) is 22.2. The van der Waals surface area contributed by atoms with E-state index in [4.69, 9.17) is 14.2 Å². The second-order valence-corrected chi connectivity index (χ2v) is 10.1. The number of aromatic nitrogens is 1. The van der Waals surface area contributed by atoms with Gasteiger partial charge in [-0.05, 0) is 51.8 Å². The molecule has 0 aliphatic carbocycles. The minimum absolute atomic E-state index is 0.00617. The lowest BCUT2D eigenvalue weighted by Gasteiger charge is -2.37. The van der Waals surface area contributed by atoms with Crippen molar-refractivity contribution >= 4 is 5.91 Å². The van der Waals surface area contributed by atoms with Gasteiger partial charge in [-0.3, -0.25) is 14.6 Å². The van der Waals surface area contributed by atoms with Crippen molar-refractivity contribution in [1.29, 1.82) is 0 Å². The molecule has 1 amide bonds. The molecule has 1 aromatic carbocycles. The number of carbonyl (C=O) groups excluding carboxylic acids is 1. The van der Waals surface area contributed by atoms with Crippen molar-refractivity contribution in [2.75, 3.05) is 54.2 Å². The van der Waals surface area contributed by atoms with Gasteiger partial charge in [-0.25, -0.2) is 4.98 Å². The summed E-state index contributed by atoms with van der Waals surface area (Å²) < 4.78 is 17.3. The van der Waals surface area contributed by atoms with Crippen molar-refractivity contribution in [3.05, 3.63) is 47.2 Å². The van der Waals surface area contributed by atoms with Crippen molar-refractivity contribution in [3.63, 3.8) is 0 Å². The first-order chi connectivity index (χ1) is 17.7. The van der Waals surface area contributed by atoms with E-state index >= 15 is 0 Å². The summed E-state index contributed by atoms with van der Waals surface area (Å²) in [7, 11) is 5.93. The summed E-state index contributed by atoms with van der Waals surface area (Å²) in [5, 5.41) is 9.87. The van der Waals surface area contributed by atoms with E-state index < -0.39 is 0 Å². The summed E-state index contributed by atoms with van der Waals surface area (Å²) in [6.45, 7) is 6.41. The Morgan fingerprint density at radius 2 is 2.00 bits per heavy atom. The Morgan fingerprint density at radius 1 is 1.22 bits per heavy atom. The topological polar surface area (TPSA) is 87.6 Å².